The number of fused-ring (bicyclic) bond motifs is 1. The van der Waals surface area contributed by atoms with Gasteiger partial charge < -0.3 is 9.64 Å². The number of carbonyl (C=O) groups is 1. The second kappa shape index (κ2) is 8.79. The van der Waals surface area contributed by atoms with E-state index in [1.54, 1.807) is 24.2 Å². The van der Waals surface area contributed by atoms with E-state index >= 15 is 0 Å². The van der Waals surface area contributed by atoms with Crippen LogP contribution in [0.4, 0.5) is 0 Å². The Hall–Kier alpha value is -4.11. The van der Waals surface area contributed by atoms with Gasteiger partial charge in [-0.25, -0.2) is 0 Å². The Labute approximate surface area is 192 Å². The summed E-state index contributed by atoms with van der Waals surface area (Å²) in [5.74, 6) is 0.604. The van der Waals surface area contributed by atoms with Crippen LogP contribution in [0.25, 0.3) is 22.0 Å². The van der Waals surface area contributed by atoms with Crippen molar-refractivity contribution >= 4 is 16.8 Å². The molecule has 1 amide bonds. The summed E-state index contributed by atoms with van der Waals surface area (Å²) in [6.45, 7) is 0.461. The van der Waals surface area contributed by atoms with Crippen molar-refractivity contribution in [3.05, 3.63) is 83.6 Å². The fourth-order valence-electron chi connectivity index (χ4n) is 4.13. The lowest BCUT2D eigenvalue weighted by Gasteiger charge is -2.28. The molecule has 1 saturated carbocycles. The summed E-state index contributed by atoms with van der Waals surface area (Å²) in [5, 5.41) is 17.4. The van der Waals surface area contributed by atoms with E-state index in [9.17, 15) is 10.1 Å². The van der Waals surface area contributed by atoms with E-state index in [4.69, 9.17) is 4.74 Å². The number of rotatable bonds is 6. The van der Waals surface area contributed by atoms with Crippen LogP contribution >= 0.6 is 0 Å². The zero-order valence-electron chi connectivity index (χ0n) is 18.4. The average molecular weight is 437 g/mol. The Bertz CT molecular complexity index is 1360. The van der Waals surface area contributed by atoms with Gasteiger partial charge in [0.05, 0.1) is 29.5 Å². The molecule has 1 aliphatic rings. The minimum absolute atomic E-state index is 0.0812. The maximum Gasteiger partial charge on any atom is 0.254 e. The van der Waals surface area contributed by atoms with E-state index in [-0.39, 0.29) is 12.0 Å². The lowest BCUT2D eigenvalue weighted by Crippen LogP contribution is -2.27. The van der Waals surface area contributed by atoms with Gasteiger partial charge in [-0.1, -0.05) is 30.3 Å². The second-order valence-electron chi connectivity index (χ2n) is 8.49. The molecule has 0 unspecified atom stereocenters. The van der Waals surface area contributed by atoms with Crippen molar-refractivity contribution in [2.45, 2.75) is 31.9 Å². The first-order valence-corrected chi connectivity index (χ1v) is 11.1. The minimum Gasteiger partial charge on any atom is -0.490 e. The number of amides is 1. The van der Waals surface area contributed by atoms with Gasteiger partial charge >= 0.3 is 0 Å². The first-order chi connectivity index (χ1) is 16.1. The number of carbonyl (C=O) groups excluding carboxylic acids is 1. The molecule has 1 N–H and O–H groups in total. The fourth-order valence-corrected chi connectivity index (χ4v) is 4.13. The SMILES string of the molecule is CN(Cc1cccc2cn[nH]c12)C(=O)c1ccc(-c2cccc(C#N)c2)c(OC2CCC2)c1. The van der Waals surface area contributed by atoms with Crippen LogP contribution in [0.1, 0.15) is 40.7 Å². The van der Waals surface area contributed by atoms with E-state index in [0.717, 1.165) is 46.9 Å². The monoisotopic (exact) mass is 436 g/mol. The standard InChI is InChI=1S/C27H24N4O2/c1-31(17-22-8-3-7-21-16-29-30-26(21)22)27(32)20-11-12-24(19-6-2-5-18(13-19)15-28)25(14-20)33-23-9-4-10-23/h2-3,5-8,11-14,16,23H,4,9-10,17H2,1H3,(H,29,30). The maximum atomic E-state index is 13.3. The number of nitrogens with one attached hydrogen (secondary N) is 1. The third-order valence-corrected chi connectivity index (χ3v) is 6.19. The predicted octanol–water partition coefficient (Wildman–Crippen LogP) is 5.31. The van der Waals surface area contributed by atoms with E-state index in [2.05, 4.69) is 16.3 Å². The minimum atomic E-state index is -0.0812. The van der Waals surface area contributed by atoms with Crippen molar-refractivity contribution < 1.29 is 9.53 Å². The van der Waals surface area contributed by atoms with Gasteiger partial charge in [0, 0.05) is 30.1 Å². The molecule has 164 valence electrons. The summed E-state index contributed by atoms with van der Waals surface area (Å²) in [4.78, 5) is 15.0. The smallest absolute Gasteiger partial charge is 0.254 e. The van der Waals surface area contributed by atoms with Crippen LogP contribution in [0, 0.1) is 11.3 Å². The molecule has 4 aromatic rings. The second-order valence-corrected chi connectivity index (χ2v) is 8.49. The number of aromatic amines is 1. The lowest BCUT2D eigenvalue weighted by atomic mass is 9.95. The first-order valence-electron chi connectivity index (χ1n) is 11.1. The number of hydrogen-bond donors (Lipinski definition) is 1. The van der Waals surface area contributed by atoms with Crippen LogP contribution in [0.15, 0.2) is 66.9 Å². The van der Waals surface area contributed by atoms with E-state index in [1.807, 2.05) is 54.6 Å². The lowest BCUT2D eigenvalue weighted by molar-refractivity contribution is 0.0783. The van der Waals surface area contributed by atoms with Crippen LogP contribution in [-0.2, 0) is 6.54 Å². The van der Waals surface area contributed by atoms with Gasteiger partial charge in [-0.15, -0.1) is 0 Å². The summed E-state index contributed by atoms with van der Waals surface area (Å²) >= 11 is 0. The first kappa shape index (κ1) is 20.8. The number of para-hydroxylation sites is 1. The summed E-state index contributed by atoms with van der Waals surface area (Å²) in [5.41, 5.74) is 4.91. The molecule has 0 saturated heterocycles. The Kier molecular flexibility index (Phi) is 5.54. The largest absolute Gasteiger partial charge is 0.490 e. The number of hydrogen-bond acceptors (Lipinski definition) is 4. The van der Waals surface area contributed by atoms with Crippen molar-refractivity contribution in [3.8, 4) is 22.9 Å². The molecule has 3 aromatic carbocycles. The van der Waals surface area contributed by atoms with E-state index in [1.165, 1.54) is 0 Å². The summed E-state index contributed by atoms with van der Waals surface area (Å²) in [7, 11) is 1.80. The highest BCUT2D eigenvalue weighted by atomic mass is 16.5. The number of benzene rings is 3. The van der Waals surface area contributed by atoms with Gasteiger partial charge in [0.2, 0.25) is 0 Å². The number of nitrogens with zero attached hydrogens (tertiary/aromatic N) is 3. The van der Waals surface area contributed by atoms with Gasteiger partial charge in [-0.3, -0.25) is 9.89 Å². The average Bonchev–Trinajstić information content (AvgIpc) is 3.31. The number of ether oxygens (including phenoxy) is 1. The zero-order valence-corrected chi connectivity index (χ0v) is 18.4. The molecule has 0 aliphatic heterocycles. The molecule has 0 radical (unpaired) electrons. The molecule has 33 heavy (non-hydrogen) atoms. The van der Waals surface area contributed by atoms with E-state index in [0.29, 0.717) is 23.4 Å². The molecular formula is C27H24N4O2. The highest BCUT2D eigenvalue weighted by Crippen LogP contribution is 2.35. The van der Waals surface area contributed by atoms with Crippen LogP contribution in [0.3, 0.4) is 0 Å². The highest BCUT2D eigenvalue weighted by molar-refractivity contribution is 5.96. The normalized spacial score (nSPS) is 13.3. The van der Waals surface area contributed by atoms with Crippen LogP contribution in [-0.4, -0.2) is 34.2 Å². The van der Waals surface area contributed by atoms with Crippen molar-refractivity contribution in [3.63, 3.8) is 0 Å². The zero-order chi connectivity index (χ0) is 22.8. The van der Waals surface area contributed by atoms with Crippen LogP contribution < -0.4 is 4.74 Å². The number of H-pyrrole nitrogens is 1. The van der Waals surface area contributed by atoms with Crippen molar-refractivity contribution in [2.24, 2.45) is 0 Å². The van der Waals surface area contributed by atoms with Gasteiger partial charge in [0.15, 0.2) is 0 Å². The molecule has 1 fully saturated rings. The summed E-state index contributed by atoms with van der Waals surface area (Å²) in [6, 6.07) is 21.2. The quantitative estimate of drug-likeness (QED) is 0.444. The molecule has 1 heterocycles. The Morgan fingerprint density at radius 2 is 2.03 bits per heavy atom. The predicted molar refractivity (Wildman–Crippen MR) is 127 cm³/mol. The fraction of sp³-hybridized carbons (Fsp3) is 0.222. The molecule has 1 aromatic heterocycles. The molecule has 0 atom stereocenters. The van der Waals surface area contributed by atoms with Gasteiger partial charge in [-0.2, -0.15) is 10.4 Å². The Balaban J connectivity index is 1.44. The molecule has 6 nitrogen and oxygen atoms in total. The van der Waals surface area contributed by atoms with Gasteiger partial charge in [0.1, 0.15) is 5.75 Å². The van der Waals surface area contributed by atoms with Crippen molar-refractivity contribution in [1.29, 1.82) is 5.26 Å². The van der Waals surface area contributed by atoms with E-state index < -0.39 is 0 Å². The van der Waals surface area contributed by atoms with Crippen LogP contribution in [0.5, 0.6) is 5.75 Å². The molecule has 6 heteroatoms. The Morgan fingerprint density at radius 1 is 1.18 bits per heavy atom. The maximum absolute atomic E-state index is 13.3. The van der Waals surface area contributed by atoms with Crippen molar-refractivity contribution in [1.82, 2.24) is 15.1 Å². The number of nitriles is 1. The van der Waals surface area contributed by atoms with Crippen LogP contribution in [0.2, 0.25) is 0 Å². The third-order valence-electron chi connectivity index (χ3n) is 6.19. The van der Waals surface area contributed by atoms with Gasteiger partial charge in [-0.05, 0) is 60.7 Å². The Morgan fingerprint density at radius 3 is 2.82 bits per heavy atom. The highest BCUT2D eigenvalue weighted by Gasteiger charge is 2.23. The molecule has 5 rings (SSSR count). The summed E-state index contributed by atoms with van der Waals surface area (Å²) < 4.78 is 6.28. The number of aromatic nitrogens is 2. The molecule has 0 spiro atoms. The summed E-state index contributed by atoms with van der Waals surface area (Å²) in [6.07, 6.45) is 5.15. The molecular weight excluding hydrogens is 412 g/mol. The third kappa shape index (κ3) is 4.18. The van der Waals surface area contributed by atoms with Crippen molar-refractivity contribution in [2.75, 3.05) is 7.05 Å². The molecule has 1 aliphatic carbocycles. The topological polar surface area (TPSA) is 82.0 Å². The molecule has 0 bridgehead atoms. The van der Waals surface area contributed by atoms with Gasteiger partial charge in [0.25, 0.3) is 5.91 Å².